The van der Waals surface area contributed by atoms with Gasteiger partial charge in [0.25, 0.3) is 0 Å². The molecule has 0 atom stereocenters. The highest BCUT2D eigenvalue weighted by Crippen LogP contribution is 2.03. The Morgan fingerprint density at radius 1 is 1.20 bits per heavy atom. The summed E-state index contributed by atoms with van der Waals surface area (Å²) in [5.41, 5.74) is 0. The second-order valence-corrected chi connectivity index (χ2v) is 4.82. The summed E-state index contributed by atoms with van der Waals surface area (Å²) >= 11 is 2.06. The van der Waals surface area contributed by atoms with Crippen LogP contribution in [0.5, 0.6) is 0 Å². The predicted molar refractivity (Wildman–Crippen MR) is 76.0 cm³/mol. The van der Waals surface area contributed by atoms with Crippen LogP contribution in [0.3, 0.4) is 0 Å². The summed E-state index contributed by atoms with van der Waals surface area (Å²) in [4.78, 5) is 0. The molecule has 0 spiro atoms. The van der Waals surface area contributed by atoms with Gasteiger partial charge in [-0.15, -0.1) is 24.8 Å². The molecule has 15 heavy (non-hydrogen) atoms. The number of piperidine rings is 1. The van der Waals surface area contributed by atoms with Crippen LogP contribution in [0.2, 0.25) is 0 Å². The summed E-state index contributed by atoms with van der Waals surface area (Å²) in [6, 6.07) is 0.781. The van der Waals surface area contributed by atoms with Crippen molar-refractivity contribution in [3.8, 4) is 0 Å². The van der Waals surface area contributed by atoms with Crippen LogP contribution < -0.4 is 10.6 Å². The van der Waals surface area contributed by atoms with E-state index >= 15 is 0 Å². The Morgan fingerprint density at radius 2 is 1.87 bits per heavy atom. The summed E-state index contributed by atoms with van der Waals surface area (Å²) in [6.07, 6.45) is 3.91. The molecule has 0 aliphatic carbocycles. The molecule has 5 heteroatoms. The highest BCUT2D eigenvalue weighted by atomic mass is 35.5. The normalized spacial score (nSPS) is 16.6. The average molecular weight is 275 g/mol. The number of halogens is 2. The monoisotopic (exact) mass is 274 g/mol. The quantitative estimate of drug-likeness (QED) is 0.727. The molecule has 0 aromatic carbocycles. The predicted octanol–water partition coefficient (Wildman–Crippen LogP) is 2.31. The van der Waals surface area contributed by atoms with E-state index in [1.165, 1.54) is 50.4 Å². The molecule has 0 radical (unpaired) electrons. The molecule has 0 aromatic heterocycles. The van der Waals surface area contributed by atoms with E-state index in [0.29, 0.717) is 0 Å². The maximum atomic E-state index is 3.62. The van der Waals surface area contributed by atoms with Crippen LogP contribution in [0.4, 0.5) is 0 Å². The second kappa shape index (κ2) is 12.9. The summed E-state index contributed by atoms with van der Waals surface area (Å²) < 4.78 is 0. The number of thioether (sulfide) groups is 1. The van der Waals surface area contributed by atoms with Gasteiger partial charge in [0.2, 0.25) is 0 Å². The lowest BCUT2D eigenvalue weighted by Gasteiger charge is -2.23. The molecule has 1 saturated heterocycles. The van der Waals surface area contributed by atoms with Gasteiger partial charge in [0, 0.05) is 18.3 Å². The zero-order chi connectivity index (χ0) is 9.36. The minimum Gasteiger partial charge on any atom is -0.317 e. The van der Waals surface area contributed by atoms with E-state index in [-0.39, 0.29) is 24.8 Å². The highest BCUT2D eigenvalue weighted by molar-refractivity contribution is 7.99. The number of hydrogen-bond donors (Lipinski definition) is 2. The van der Waals surface area contributed by atoms with Gasteiger partial charge in [-0.2, -0.15) is 11.8 Å². The van der Waals surface area contributed by atoms with Crippen molar-refractivity contribution in [1.29, 1.82) is 0 Å². The van der Waals surface area contributed by atoms with E-state index in [4.69, 9.17) is 0 Å². The highest BCUT2D eigenvalue weighted by Gasteiger charge is 2.10. The molecule has 0 bridgehead atoms. The molecule has 1 heterocycles. The fourth-order valence-electron chi connectivity index (χ4n) is 1.61. The lowest BCUT2D eigenvalue weighted by molar-refractivity contribution is 0.395. The van der Waals surface area contributed by atoms with Gasteiger partial charge < -0.3 is 10.6 Å². The van der Waals surface area contributed by atoms with Crippen molar-refractivity contribution < 1.29 is 0 Å². The second-order valence-electron chi connectivity index (χ2n) is 3.59. The van der Waals surface area contributed by atoms with Crippen LogP contribution in [-0.4, -0.2) is 37.2 Å². The first kappa shape index (κ1) is 18.2. The Hall–Kier alpha value is 0.850. The van der Waals surface area contributed by atoms with Gasteiger partial charge in [0.1, 0.15) is 0 Å². The van der Waals surface area contributed by atoms with E-state index in [1.807, 2.05) is 0 Å². The van der Waals surface area contributed by atoms with Gasteiger partial charge in [-0.1, -0.05) is 6.92 Å². The standard InChI is InChI=1S/C10H22N2S.2ClH/c1-2-8-13-9-7-12-10-3-5-11-6-4-10;;/h10-12H,2-9H2,1H3;2*1H. The lowest BCUT2D eigenvalue weighted by Crippen LogP contribution is -2.40. The molecular weight excluding hydrogens is 251 g/mol. The third kappa shape index (κ3) is 9.76. The summed E-state index contributed by atoms with van der Waals surface area (Å²) in [5.74, 6) is 2.59. The summed E-state index contributed by atoms with van der Waals surface area (Å²) in [7, 11) is 0. The molecule has 0 unspecified atom stereocenters. The first-order valence-corrected chi connectivity index (χ1v) is 6.60. The molecule has 2 nitrogen and oxygen atoms in total. The molecule has 2 N–H and O–H groups in total. The molecule has 1 rings (SSSR count). The van der Waals surface area contributed by atoms with Crippen LogP contribution >= 0.6 is 36.6 Å². The van der Waals surface area contributed by atoms with Gasteiger partial charge in [-0.25, -0.2) is 0 Å². The van der Waals surface area contributed by atoms with Crippen LogP contribution in [-0.2, 0) is 0 Å². The Labute approximate surface area is 111 Å². The number of rotatable bonds is 6. The van der Waals surface area contributed by atoms with Crippen molar-refractivity contribution in [3.63, 3.8) is 0 Å². The molecule has 1 aliphatic rings. The smallest absolute Gasteiger partial charge is 0.00915 e. The fourth-order valence-corrected chi connectivity index (χ4v) is 2.36. The minimum atomic E-state index is 0. The zero-order valence-corrected chi connectivity index (χ0v) is 11.9. The van der Waals surface area contributed by atoms with Crippen molar-refractivity contribution in [2.24, 2.45) is 0 Å². The van der Waals surface area contributed by atoms with E-state index in [0.717, 1.165) is 6.04 Å². The molecule has 1 fully saturated rings. The third-order valence-corrected chi connectivity index (χ3v) is 3.56. The van der Waals surface area contributed by atoms with Crippen LogP contribution in [0, 0.1) is 0 Å². The van der Waals surface area contributed by atoms with E-state index < -0.39 is 0 Å². The van der Waals surface area contributed by atoms with Crippen molar-refractivity contribution in [1.82, 2.24) is 10.6 Å². The van der Waals surface area contributed by atoms with Gasteiger partial charge >= 0.3 is 0 Å². The molecular formula is C10H24Cl2N2S. The SMILES string of the molecule is CCCSCCNC1CCNCC1.Cl.Cl. The average Bonchev–Trinajstić information content (AvgIpc) is 2.19. The molecule has 0 aromatic rings. The third-order valence-electron chi connectivity index (χ3n) is 2.37. The Morgan fingerprint density at radius 3 is 2.47 bits per heavy atom. The van der Waals surface area contributed by atoms with Gasteiger partial charge in [-0.3, -0.25) is 0 Å². The first-order valence-electron chi connectivity index (χ1n) is 5.45. The first-order chi connectivity index (χ1) is 6.43. The van der Waals surface area contributed by atoms with Crippen LogP contribution in [0.15, 0.2) is 0 Å². The Balaban J connectivity index is 0. The summed E-state index contributed by atoms with van der Waals surface area (Å²) in [5, 5.41) is 7.00. The molecule has 0 saturated carbocycles. The number of nitrogens with one attached hydrogen (secondary N) is 2. The van der Waals surface area contributed by atoms with Gasteiger partial charge in [0.05, 0.1) is 0 Å². The van der Waals surface area contributed by atoms with E-state index in [9.17, 15) is 0 Å². The number of hydrogen-bond acceptors (Lipinski definition) is 3. The van der Waals surface area contributed by atoms with Crippen molar-refractivity contribution in [2.45, 2.75) is 32.2 Å². The minimum absolute atomic E-state index is 0. The molecule has 94 valence electrons. The Bertz CT molecular complexity index is 122. The fraction of sp³-hybridized carbons (Fsp3) is 1.00. The van der Waals surface area contributed by atoms with Gasteiger partial charge in [0.15, 0.2) is 0 Å². The largest absolute Gasteiger partial charge is 0.317 e. The zero-order valence-electron chi connectivity index (χ0n) is 9.46. The van der Waals surface area contributed by atoms with Crippen LogP contribution in [0.1, 0.15) is 26.2 Å². The van der Waals surface area contributed by atoms with Crippen molar-refractivity contribution in [2.75, 3.05) is 31.1 Å². The maximum Gasteiger partial charge on any atom is 0.00915 e. The topological polar surface area (TPSA) is 24.1 Å². The van der Waals surface area contributed by atoms with Crippen molar-refractivity contribution >= 4 is 36.6 Å². The lowest BCUT2D eigenvalue weighted by atomic mass is 10.1. The molecule has 0 amide bonds. The van der Waals surface area contributed by atoms with Crippen LogP contribution in [0.25, 0.3) is 0 Å². The maximum absolute atomic E-state index is 3.62. The summed E-state index contributed by atoms with van der Waals surface area (Å²) in [6.45, 7) is 5.82. The van der Waals surface area contributed by atoms with E-state index in [2.05, 4.69) is 29.3 Å². The Kier molecular flexibility index (Phi) is 15.7. The van der Waals surface area contributed by atoms with Gasteiger partial charge in [-0.05, 0) is 38.1 Å². The van der Waals surface area contributed by atoms with Crippen molar-refractivity contribution in [3.05, 3.63) is 0 Å². The molecule has 1 aliphatic heterocycles. The van der Waals surface area contributed by atoms with E-state index in [1.54, 1.807) is 0 Å².